The topological polar surface area (TPSA) is 40.5 Å². The summed E-state index contributed by atoms with van der Waals surface area (Å²) in [5, 5.41) is 22.8. The summed E-state index contributed by atoms with van der Waals surface area (Å²) in [6.07, 6.45) is 0. The minimum atomic E-state index is -1.71. The first-order chi connectivity index (χ1) is 15.9. The zero-order chi connectivity index (χ0) is 23.3. The molecule has 0 aromatic heterocycles. The second kappa shape index (κ2) is 7.21. The predicted octanol–water partition coefficient (Wildman–Crippen LogP) is 5.01. The van der Waals surface area contributed by atoms with E-state index in [2.05, 4.69) is 0 Å². The lowest BCUT2D eigenvalue weighted by atomic mass is 9.72. The molecule has 5 rings (SSSR count). The van der Waals surface area contributed by atoms with Crippen LogP contribution in [0.25, 0.3) is 43.8 Å². The summed E-state index contributed by atoms with van der Waals surface area (Å²) in [5.74, 6) is 0. The molecule has 0 aliphatic heterocycles. The Balaban J connectivity index is 1.97. The van der Waals surface area contributed by atoms with Crippen LogP contribution >= 0.6 is 0 Å². The van der Waals surface area contributed by atoms with Crippen LogP contribution in [-0.2, 0) is 0 Å². The molecule has 5 aromatic rings. The van der Waals surface area contributed by atoms with Crippen LogP contribution in [0.3, 0.4) is 0 Å². The molecular formula is C26H19BO2. The van der Waals surface area contributed by atoms with Gasteiger partial charge in [-0.05, 0) is 49.3 Å². The normalized spacial score (nSPS) is 13.0. The first kappa shape index (κ1) is 13.7. The monoisotopic (exact) mass is 378 g/mol. The molecule has 0 saturated heterocycles. The molecule has 0 bridgehead atoms. The van der Waals surface area contributed by atoms with E-state index in [0.29, 0.717) is 38.1 Å². The molecule has 0 amide bonds. The van der Waals surface area contributed by atoms with Gasteiger partial charge in [0.1, 0.15) is 0 Å². The molecule has 29 heavy (non-hydrogen) atoms. The number of hydrogen-bond acceptors (Lipinski definition) is 2. The van der Waals surface area contributed by atoms with Gasteiger partial charge in [0.05, 0.1) is 5.48 Å². The number of benzene rings is 5. The Morgan fingerprint density at radius 3 is 1.48 bits per heavy atom. The van der Waals surface area contributed by atoms with Crippen molar-refractivity contribution in [3.8, 4) is 22.3 Å². The molecule has 3 heteroatoms. The molecule has 0 unspecified atom stereocenters. The highest BCUT2D eigenvalue weighted by Crippen LogP contribution is 2.36. The lowest BCUT2D eigenvalue weighted by molar-refractivity contribution is 0.426. The zero-order valence-electron chi connectivity index (χ0n) is 19.5. The maximum Gasteiger partial charge on any atom is 0.489 e. The number of hydrogen-bond donors (Lipinski definition) is 2. The Morgan fingerprint density at radius 2 is 0.966 bits per heavy atom. The zero-order valence-corrected chi connectivity index (χ0v) is 15.5. The maximum atomic E-state index is 10.2. The van der Waals surface area contributed by atoms with Gasteiger partial charge < -0.3 is 10.0 Å². The molecule has 0 aliphatic rings. The minimum Gasteiger partial charge on any atom is -0.423 e. The minimum absolute atomic E-state index is 0.114. The highest BCUT2D eigenvalue weighted by molar-refractivity contribution is 6.66. The fourth-order valence-corrected chi connectivity index (χ4v) is 3.90. The molecule has 0 saturated carbocycles. The van der Waals surface area contributed by atoms with Gasteiger partial charge in [-0.1, -0.05) is 103 Å². The van der Waals surface area contributed by atoms with Crippen molar-refractivity contribution >= 4 is 34.1 Å². The van der Waals surface area contributed by atoms with Crippen LogP contribution in [0.1, 0.15) is 5.48 Å². The van der Waals surface area contributed by atoms with Crippen molar-refractivity contribution in [3.05, 3.63) is 103 Å². The summed E-state index contributed by atoms with van der Waals surface area (Å²) in [5.41, 5.74) is 1.96. The van der Waals surface area contributed by atoms with Crippen molar-refractivity contribution in [2.45, 2.75) is 0 Å². The van der Waals surface area contributed by atoms with Crippen molar-refractivity contribution in [2.75, 3.05) is 0 Å². The molecule has 0 spiro atoms. The first-order valence-electron chi connectivity index (χ1n) is 11.4. The molecule has 0 heterocycles. The van der Waals surface area contributed by atoms with E-state index in [9.17, 15) is 10.0 Å². The Labute approximate surface area is 175 Å². The second-order valence-corrected chi connectivity index (χ2v) is 6.87. The molecule has 138 valence electrons. The Hall–Kier alpha value is -3.40. The van der Waals surface area contributed by atoms with Crippen LogP contribution in [0.5, 0.6) is 0 Å². The largest absolute Gasteiger partial charge is 0.489 e. The lowest BCUT2D eigenvalue weighted by Crippen LogP contribution is -2.31. The predicted molar refractivity (Wildman–Crippen MR) is 122 cm³/mol. The van der Waals surface area contributed by atoms with Crippen LogP contribution in [-0.4, -0.2) is 17.2 Å². The molecule has 0 atom stereocenters. The maximum absolute atomic E-state index is 10.2. The van der Waals surface area contributed by atoms with Crippen molar-refractivity contribution in [1.29, 1.82) is 0 Å². The van der Waals surface area contributed by atoms with E-state index < -0.39 is 7.12 Å². The average molecular weight is 378 g/mol. The first-order valence-corrected chi connectivity index (χ1v) is 9.37. The third-order valence-corrected chi connectivity index (χ3v) is 5.17. The van der Waals surface area contributed by atoms with E-state index in [-0.39, 0.29) is 35.3 Å². The quantitative estimate of drug-likeness (QED) is 0.342. The molecule has 2 N–H and O–H groups in total. The number of fused-ring (bicyclic) bond motifs is 2. The summed E-state index contributed by atoms with van der Waals surface area (Å²) in [4.78, 5) is 0. The SMILES string of the molecule is [2H]c1c([2H])c(-c2c3ccccc3c(B(O)O)c3ccccc23)c([2H])c([2H])c1-c1ccccc1. The van der Waals surface area contributed by atoms with Gasteiger partial charge in [0, 0.05) is 0 Å². The summed E-state index contributed by atoms with van der Waals surface area (Å²) >= 11 is 0. The van der Waals surface area contributed by atoms with Gasteiger partial charge in [0.25, 0.3) is 0 Å². The van der Waals surface area contributed by atoms with Gasteiger partial charge in [0.2, 0.25) is 0 Å². The fourth-order valence-electron chi connectivity index (χ4n) is 3.90. The Kier molecular flexibility index (Phi) is 3.41. The van der Waals surface area contributed by atoms with Crippen molar-refractivity contribution in [2.24, 2.45) is 0 Å². The molecule has 2 nitrogen and oxygen atoms in total. The van der Waals surface area contributed by atoms with E-state index in [1.807, 2.05) is 18.2 Å². The molecule has 0 fully saturated rings. The highest BCUT2D eigenvalue weighted by Gasteiger charge is 2.22. The van der Waals surface area contributed by atoms with Gasteiger partial charge in [-0.3, -0.25) is 0 Å². The number of rotatable bonds is 3. The standard InChI is InChI=1S/C26H19BO2/c28-27(29)26-23-12-6-4-10-21(23)25(22-11-5-7-13-24(22)26)20-16-14-19(15-17-20)18-8-2-1-3-9-18/h1-17,28-29H/i14D,15D,16D,17D. The van der Waals surface area contributed by atoms with E-state index in [4.69, 9.17) is 5.48 Å². The summed E-state index contributed by atoms with van der Waals surface area (Å²) in [6.45, 7) is 0. The molecule has 5 aromatic carbocycles. The smallest absolute Gasteiger partial charge is 0.423 e. The van der Waals surface area contributed by atoms with Gasteiger partial charge in [-0.15, -0.1) is 0 Å². The van der Waals surface area contributed by atoms with Crippen LogP contribution in [0, 0.1) is 0 Å². The lowest BCUT2D eigenvalue weighted by Gasteiger charge is -2.17. The van der Waals surface area contributed by atoms with Crippen LogP contribution in [0.15, 0.2) is 103 Å². The van der Waals surface area contributed by atoms with Crippen molar-refractivity contribution < 1.29 is 15.5 Å². The van der Waals surface area contributed by atoms with Crippen LogP contribution < -0.4 is 5.46 Å². The summed E-state index contributed by atoms with van der Waals surface area (Å²) < 4.78 is 35.2. The van der Waals surface area contributed by atoms with E-state index in [1.54, 1.807) is 60.7 Å². The van der Waals surface area contributed by atoms with Crippen LogP contribution in [0.4, 0.5) is 0 Å². The van der Waals surface area contributed by atoms with Gasteiger partial charge >= 0.3 is 7.12 Å². The molecule has 0 radical (unpaired) electrons. The molecule has 0 aliphatic carbocycles. The van der Waals surface area contributed by atoms with E-state index >= 15 is 0 Å². The summed E-state index contributed by atoms with van der Waals surface area (Å²) in [6, 6.07) is 22.8. The van der Waals surface area contributed by atoms with Crippen molar-refractivity contribution in [3.63, 3.8) is 0 Å². The third-order valence-electron chi connectivity index (χ3n) is 5.17. The van der Waals surface area contributed by atoms with Gasteiger partial charge in [-0.25, -0.2) is 0 Å². The summed E-state index contributed by atoms with van der Waals surface area (Å²) in [7, 11) is -1.71. The van der Waals surface area contributed by atoms with Gasteiger partial charge in [-0.2, -0.15) is 0 Å². The third kappa shape index (κ3) is 3.01. The molecular weight excluding hydrogens is 355 g/mol. The van der Waals surface area contributed by atoms with E-state index in [0.717, 1.165) is 0 Å². The second-order valence-electron chi connectivity index (χ2n) is 6.87. The Bertz CT molecular complexity index is 1450. The fraction of sp³-hybridized carbons (Fsp3) is 0. The van der Waals surface area contributed by atoms with E-state index in [1.165, 1.54) is 0 Å². The average Bonchev–Trinajstić information content (AvgIpc) is 2.83. The van der Waals surface area contributed by atoms with Crippen LogP contribution in [0.2, 0.25) is 0 Å². The Morgan fingerprint density at radius 1 is 0.517 bits per heavy atom. The van der Waals surface area contributed by atoms with Gasteiger partial charge in [0.15, 0.2) is 0 Å². The highest BCUT2D eigenvalue weighted by atomic mass is 16.4. The van der Waals surface area contributed by atoms with Crippen molar-refractivity contribution in [1.82, 2.24) is 0 Å².